The average molecular weight is 301 g/mol. The lowest BCUT2D eigenvalue weighted by atomic mass is 9.82. The smallest absolute Gasteiger partial charge is 0.267 e. The van der Waals surface area contributed by atoms with Crippen molar-refractivity contribution in [1.82, 2.24) is 14.6 Å². The fraction of sp³-hybridized carbons (Fsp3) is 0.583. The first-order valence-corrected chi connectivity index (χ1v) is 7.88. The van der Waals surface area contributed by atoms with Crippen LogP contribution in [0.3, 0.4) is 0 Å². The molecule has 3 N–H and O–H groups in total. The molecule has 0 aliphatic heterocycles. The molecule has 1 fully saturated rings. The van der Waals surface area contributed by atoms with Gasteiger partial charge in [-0.1, -0.05) is 0 Å². The van der Waals surface area contributed by atoms with Gasteiger partial charge in [-0.15, -0.1) is 0 Å². The summed E-state index contributed by atoms with van der Waals surface area (Å²) in [4.78, 5) is 12.1. The number of sulfonamides is 1. The van der Waals surface area contributed by atoms with Crippen molar-refractivity contribution in [2.45, 2.75) is 23.8 Å². The van der Waals surface area contributed by atoms with Crippen LogP contribution in [0.15, 0.2) is 17.2 Å². The normalized spacial score (nSPS) is 22.4. The van der Waals surface area contributed by atoms with Gasteiger partial charge in [0.25, 0.3) is 5.91 Å². The first-order chi connectivity index (χ1) is 9.33. The molecule has 1 aliphatic carbocycles. The Hall–Kier alpha value is -1.38. The molecule has 1 aliphatic rings. The molecule has 0 bridgehead atoms. The molecule has 1 saturated carbocycles. The van der Waals surface area contributed by atoms with Gasteiger partial charge in [-0.05, 0) is 31.9 Å². The van der Waals surface area contributed by atoms with Crippen LogP contribution >= 0.6 is 0 Å². The summed E-state index contributed by atoms with van der Waals surface area (Å²) in [5, 5.41) is 11.9. The van der Waals surface area contributed by atoms with Crippen molar-refractivity contribution < 1.29 is 18.3 Å². The molecule has 0 radical (unpaired) electrons. The third-order valence-corrected chi connectivity index (χ3v) is 4.93. The molecule has 1 heterocycles. The number of aliphatic hydroxyl groups excluding tert-OH is 1. The highest BCUT2D eigenvalue weighted by molar-refractivity contribution is 7.89. The van der Waals surface area contributed by atoms with Crippen LogP contribution in [-0.4, -0.2) is 43.7 Å². The second-order valence-electron chi connectivity index (χ2n) is 5.08. The predicted octanol–water partition coefficient (Wildman–Crippen LogP) is -0.566. The first kappa shape index (κ1) is 15.0. The summed E-state index contributed by atoms with van der Waals surface area (Å²) < 4.78 is 27.0. The number of nitrogens with zero attached hydrogens (tertiary/aromatic N) is 1. The number of aryl methyl sites for hydroxylation is 1. The maximum Gasteiger partial charge on any atom is 0.267 e. The van der Waals surface area contributed by atoms with Crippen LogP contribution in [0.1, 0.15) is 23.3 Å². The topological polar surface area (TPSA) is 100 Å². The van der Waals surface area contributed by atoms with Crippen LogP contribution in [0.2, 0.25) is 0 Å². The third-order valence-electron chi connectivity index (χ3n) is 3.55. The van der Waals surface area contributed by atoms with E-state index in [9.17, 15) is 18.3 Å². The molecule has 1 aromatic heterocycles. The lowest BCUT2D eigenvalue weighted by Crippen LogP contribution is -2.38. The number of rotatable bonds is 5. The van der Waals surface area contributed by atoms with Crippen molar-refractivity contribution in [2.24, 2.45) is 13.0 Å². The van der Waals surface area contributed by atoms with Crippen molar-refractivity contribution >= 4 is 15.9 Å². The van der Waals surface area contributed by atoms with Gasteiger partial charge >= 0.3 is 0 Å². The van der Waals surface area contributed by atoms with Gasteiger partial charge in [-0.3, -0.25) is 4.79 Å². The summed E-state index contributed by atoms with van der Waals surface area (Å²) in [6, 6.07) is 1.34. The van der Waals surface area contributed by atoms with Gasteiger partial charge in [0.2, 0.25) is 10.0 Å². The molecule has 1 amide bonds. The molecule has 7 nitrogen and oxygen atoms in total. The largest absolute Gasteiger partial charge is 0.393 e. The molecular weight excluding hydrogens is 282 g/mol. The summed E-state index contributed by atoms with van der Waals surface area (Å²) in [7, 11) is -0.604. The Morgan fingerprint density at radius 1 is 1.50 bits per heavy atom. The zero-order chi connectivity index (χ0) is 14.9. The Morgan fingerprint density at radius 3 is 2.70 bits per heavy atom. The highest BCUT2D eigenvalue weighted by Crippen LogP contribution is 2.26. The van der Waals surface area contributed by atoms with Crippen LogP contribution in [0.25, 0.3) is 0 Å². The maximum atomic E-state index is 12.0. The van der Waals surface area contributed by atoms with E-state index in [0.717, 1.165) is 0 Å². The zero-order valence-corrected chi connectivity index (χ0v) is 12.3. The summed E-state index contributed by atoms with van der Waals surface area (Å²) in [5.74, 6) is -0.0128. The summed E-state index contributed by atoms with van der Waals surface area (Å²) >= 11 is 0. The van der Waals surface area contributed by atoms with E-state index in [1.807, 2.05) is 0 Å². The molecule has 0 atom stereocenters. The number of hydrogen-bond acceptors (Lipinski definition) is 4. The number of amides is 1. The molecule has 0 aromatic carbocycles. The number of carbonyl (C=O) groups is 1. The predicted molar refractivity (Wildman–Crippen MR) is 72.7 cm³/mol. The van der Waals surface area contributed by atoms with E-state index in [4.69, 9.17) is 0 Å². The van der Waals surface area contributed by atoms with Gasteiger partial charge in [0.15, 0.2) is 0 Å². The van der Waals surface area contributed by atoms with Crippen molar-refractivity contribution in [3.8, 4) is 0 Å². The number of aliphatic hydroxyl groups is 1. The minimum atomic E-state index is -3.55. The van der Waals surface area contributed by atoms with Gasteiger partial charge in [0, 0.05) is 19.8 Å². The Kier molecular flexibility index (Phi) is 4.17. The van der Waals surface area contributed by atoms with Crippen molar-refractivity contribution in [3.63, 3.8) is 0 Å². The molecule has 8 heteroatoms. The Bertz CT molecular complexity index is 602. The number of hydrogen-bond donors (Lipinski definition) is 3. The van der Waals surface area contributed by atoms with E-state index >= 15 is 0 Å². The summed E-state index contributed by atoms with van der Waals surface area (Å²) in [6.45, 7) is 0.495. The Balaban J connectivity index is 2.03. The number of aromatic nitrogens is 1. The molecule has 112 valence electrons. The first-order valence-electron chi connectivity index (χ1n) is 6.39. The summed E-state index contributed by atoms with van der Waals surface area (Å²) in [6.07, 6.45) is 2.55. The fourth-order valence-corrected chi connectivity index (χ4v) is 3.02. The van der Waals surface area contributed by atoms with Crippen LogP contribution in [0.4, 0.5) is 0 Å². The van der Waals surface area contributed by atoms with Crippen molar-refractivity contribution in [1.29, 1.82) is 0 Å². The molecule has 20 heavy (non-hydrogen) atoms. The lowest BCUT2D eigenvalue weighted by Gasteiger charge is -2.31. The minimum absolute atomic E-state index is 0.0618. The monoisotopic (exact) mass is 301 g/mol. The highest BCUT2D eigenvalue weighted by atomic mass is 32.2. The second kappa shape index (κ2) is 5.55. The SMILES string of the molecule is CNS(=O)(=O)c1cc(C(=O)NCC2CC(O)C2)n(C)c1. The van der Waals surface area contributed by atoms with Gasteiger partial charge in [0.1, 0.15) is 10.6 Å². The van der Waals surface area contributed by atoms with Gasteiger partial charge in [-0.2, -0.15) is 0 Å². The number of nitrogens with one attached hydrogen (secondary N) is 2. The molecule has 0 spiro atoms. The molecule has 0 saturated heterocycles. The van der Waals surface area contributed by atoms with Crippen LogP contribution < -0.4 is 10.0 Å². The average Bonchev–Trinajstić information content (AvgIpc) is 2.76. The number of carbonyl (C=O) groups excluding carboxylic acids is 1. The maximum absolute atomic E-state index is 12.0. The Labute approximate surface area is 118 Å². The van der Waals surface area contributed by atoms with Crippen LogP contribution in [0.5, 0.6) is 0 Å². The van der Waals surface area contributed by atoms with Crippen molar-refractivity contribution in [3.05, 3.63) is 18.0 Å². The van der Waals surface area contributed by atoms with Gasteiger partial charge in [-0.25, -0.2) is 13.1 Å². The molecule has 1 aromatic rings. The van der Waals surface area contributed by atoms with Gasteiger partial charge in [0.05, 0.1) is 6.10 Å². The van der Waals surface area contributed by atoms with Gasteiger partial charge < -0.3 is 15.0 Å². The highest BCUT2D eigenvalue weighted by Gasteiger charge is 2.27. The standard InChI is InChI=1S/C12H19N3O4S/c1-13-20(18,19)10-5-11(15(2)7-10)12(17)14-6-8-3-9(16)4-8/h5,7-9,13,16H,3-4,6H2,1-2H3,(H,14,17). The second-order valence-corrected chi connectivity index (χ2v) is 6.97. The van der Waals surface area contributed by atoms with Crippen molar-refractivity contribution in [2.75, 3.05) is 13.6 Å². The molecule has 0 unspecified atom stereocenters. The summed E-state index contributed by atoms with van der Waals surface area (Å²) in [5.41, 5.74) is 0.290. The Morgan fingerprint density at radius 2 is 2.15 bits per heavy atom. The van der Waals surface area contributed by atoms with E-state index in [-0.39, 0.29) is 16.9 Å². The van der Waals surface area contributed by atoms with Crippen LogP contribution in [-0.2, 0) is 17.1 Å². The molecule has 2 rings (SSSR count). The quantitative estimate of drug-likeness (QED) is 0.678. The zero-order valence-electron chi connectivity index (χ0n) is 11.5. The van der Waals surface area contributed by atoms with E-state index in [0.29, 0.717) is 31.0 Å². The van der Waals surface area contributed by atoms with E-state index in [1.165, 1.54) is 23.9 Å². The lowest BCUT2D eigenvalue weighted by molar-refractivity contribution is 0.0419. The van der Waals surface area contributed by atoms with E-state index in [2.05, 4.69) is 10.0 Å². The minimum Gasteiger partial charge on any atom is -0.393 e. The molecular formula is C12H19N3O4S. The fourth-order valence-electron chi connectivity index (χ4n) is 2.22. The van der Waals surface area contributed by atoms with E-state index < -0.39 is 10.0 Å². The van der Waals surface area contributed by atoms with Crippen LogP contribution in [0, 0.1) is 5.92 Å². The van der Waals surface area contributed by atoms with E-state index in [1.54, 1.807) is 7.05 Å². The third kappa shape index (κ3) is 3.02.